The monoisotopic (exact) mass is 518 g/mol. The highest BCUT2D eigenvalue weighted by Gasteiger charge is 2.17. The van der Waals surface area contributed by atoms with Crippen LogP contribution in [0.15, 0.2) is 76.1 Å². The van der Waals surface area contributed by atoms with Gasteiger partial charge in [0.05, 0.1) is 23.7 Å². The number of halogens is 1. The summed E-state index contributed by atoms with van der Waals surface area (Å²) >= 11 is 3.37. The molecule has 0 aromatic heterocycles. The van der Waals surface area contributed by atoms with E-state index in [1.54, 1.807) is 42.5 Å². The topological polar surface area (TPSA) is 93.7 Å². The summed E-state index contributed by atoms with van der Waals surface area (Å²) in [5, 5.41) is 2.77. The molecule has 0 heterocycles. The normalized spacial score (nSPS) is 11.2. The molecule has 0 aliphatic rings. The summed E-state index contributed by atoms with van der Waals surface area (Å²) in [5.74, 6) is 0.720. The Morgan fingerprint density at radius 1 is 0.938 bits per heavy atom. The van der Waals surface area contributed by atoms with E-state index in [9.17, 15) is 13.2 Å². The van der Waals surface area contributed by atoms with Crippen LogP contribution >= 0.6 is 15.9 Å². The molecule has 9 heteroatoms. The molecule has 0 bridgehead atoms. The van der Waals surface area contributed by atoms with Gasteiger partial charge >= 0.3 is 0 Å². The summed E-state index contributed by atoms with van der Waals surface area (Å²) in [6.45, 7) is 3.76. The molecule has 3 aromatic rings. The largest absolute Gasteiger partial charge is 0.497 e. The number of ether oxygens (including phenoxy) is 2. The van der Waals surface area contributed by atoms with Crippen molar-refractivity contribution in [2.45, 2.75) is 24.8 Å². The molecule has 32 heavy (non-hydrogen) atoms. The summed E-state index contributed by atoms with van der Waals surface area (Å²) in [7, 11) is -2.25. The number of hydrogen-bond acceptors (Lipinski definition) is 5. The summed E-state index contributed by atoms with van der Waals surface area (Å²) in [4.78, 5) is 12.9. The van der Waals surface area contributed by atoms with Crippen LogP contribution in [-0.4, -0.2) is 27.5 Å². The molecule has 0 saturated carbocycles. The van der Waals surface area contributed by atoms with E-state index >= 15 is 0 Å². The van der Waals surface area contributed by atoms with E-state index in [-0.39, 0.29) is 16.9 Å². The molecular weight excluding hydrogens is 496 g/mol. The van der Waals surface area contributed by atoms with E-state index in [4.69, 9.17) is 9.47 Å². The molecular formula is C23H23BrN2O5S. The first-order valence-electron chi connectivity index (χ1n) is 9.72. The molecule has 0 radical (unpaired) electrons. The number of benzene rings is 3. The van der Waals surface area contributed by atoms with Crippen LogP contribution in [0.2, 0.25) is 0 Å². The van der Waals surface area contributed by atoms with Crippen molar-refractivity contribution >= 4 is 43.2 Å². The Morgan fingerprint density at radius 2 is 1.56 bits per heavy atom. The molecule has 0 atom stereocenters. The zero-order chi connectivity index (χ0) is 23.3. The quantitative estimate of drug-likeness (QED) is 0.422. The average Bonchev–Trinajstić information content (AvgIpc) is 2.75. The third-order valence-electron chi connectivity index (χ3n) is 4.31. The highest BCUT2D eigenvalue weighted by Crippen LogP contribution is 2.26. The Hall–Kier alpha value is -3.04. The third kappa shape index (κ3) is 6.02. The second-order valence-corrected chi connectivity index (χ2v) is 9.72. The van der Waals surface area contributed by atoms with Crippen molar-refractivity contribution in [3.8, 4) is 11.5 Å². The third-order valence-corrected chi connectivity index (χ3v) is 6.20. The van der Waals surface area contributed by atoms with Crippen molar-refractivity contribution < 1.29 is 22.7 Å². The van der Waals surface area contributed by atoms with Gasteiger partial charge in [0.15, 0.2) is 0 Å². The standard InChI is InChI=1S/C23H23BrN2O5S/c1-15(2)31-22-13-4-16(24)14-21(22)23(27)25-17-7-11-20(12-8-17)32(28,29)26-18-5-9-19(30-3)10-6-18/h4-15,26H,1-3H3,(H,25,27). The van der Waals surface area contributed by atoms with Gasteiger partial charge in [-0.3, -0.25) is 9.52 Å². The summed E-state index contributed by atoms with van der Waals surface area (Å²) < 4.78 is 39.3. The maximum atomic E-state index is 12.8. The van der Waals surface area contributed by atoms with Crippen molar-refractivity contribution in [2.24, 2.45) is 0 Å². The highest BCUT2D eigenvalue weighted by atomic mass is 79.9. The van der Waals surface area contributed by atoms with Gasteiger partial charge in [-0.25, -0.2) is 8.42 Å². The Bertz CT molecular complexity index is 1190. The van der Waals surface area contributed by atoms with Gasteiger partial charge in [-0.2, -0.15) is 0 Å². The lowest BCUT2D eigenvalue weighted by Gasteiger charge is -2.15. The maximum Gasteiger partial charge on any atom is 0.261 e. The van der Waals surface area contributed by atoms with Gasteiger partial charge in [-0.1, -0.05) is 15.9 Å². The second-order valence-electron chi connectivity index (χ2n) is 7.12. The molecule has 168 valence electrons. The van der Waals surface area contributed by atoms with Crippen LogP contribution in [0.4, 0.5) is 11.4 Å². The highest BCUT2D eigenvalue weighted by molar-refractivity contribution is 9.10. The van der Waals surface area contributed by atoms with Gasteiger partial charge in [0.1, 0.15) is 11.5 Å². The molecule has 1 amide bonds. The van der Waals surface area contributed by atoms with Gasteiger partial charge in [0.25, 0.3) is 15.9 Å². The molecule has 3 rings (SSSR count). The lowest BCUT2D eigenvalue weighted by molar-refractivity contribution is 0.102. The Morgan fingerprint density at radius 3 is 2.16 bits per heavy atom. The maximum absolute atomic E-state index is 12.8. The van der Waals surface area contributed by atoms with Crippen molar-refractivity contribution in [3.05, 3.63) is 76.8 Å². The molecule has 7 nitrogen and oxygen atoms in total. The van der Waals surface area contributed by atoms with E-state index in [1.807, 2.05) is 13.8 Å². The van der Waals surface area contributed by atoms with E-state index in [2.05, 4.69) is 26.0 Å². The van der Waals surface area contributed by atoms with Crippen molar-refractivity contribution in [3.63, 3.8) is 0 Å². The van der Waals surface area contributed by atoms with Crippen LogP contribution in [0.5, 0.6) is 11.5 Å². The fourth-order valence-corrected chi connectivity index (χ4v) is 4.25. The summed E-state index contributed by atoms with van der Waals surface area (Å²) in [6.07, 6.45) is -0.0922. The molecule has 0 saturated heterocycles. The van der Waals surface area contributed by atoms with E-state index in [0.717, 1.165) is 4.47 Å². The minimum Gasteiger partial charge on any atom is -0.497 e. The molecule has 0 aliphatic heterocycles. The number of carbonyl (C=O) groups is 1. The van der Waals surface area contributed by atoms with Gasteiger partial charge in [0.2, 0.25) is 0 Å². The van der Waals surface area contributed by atoms with Gasteiger partial charge in [0, 0.05) is 15.8 Å². The molecule has 2 N–H and O–H groups in total. The summed E-state index contributed by atoms with van der Waals surface area (Å²) in [6, 6.07) is 17.6. The SMILES string of the molecule is COc1ccc(NS(=O)(=O)c2ccc(NC(=O)c3cc(Br)ccc3OC(C)C)cc2)cc1. The number of amides is 1. The molecule has 0 spiro atoms. The smallest absolute Gasteiger partial charge is 0.261 e. The second kappa shape index (κ2) is 10.1. The van der Waals surface area contributed by atoms with Gasteiger partial charge < -0.3 is 14.8 Å². The van der Waals surface area contributed by atoms with Crippen LogP contribution in [-0.2, 0) is 10.0 Å². The number of rotatable bonds is 8. The first-order valence-corrected chi connectivity index (χ1v) is 12.0. The predicted molar refractivity (Wildman–Crippen MR) is 128 cm³/mol. The molecule has 3 aromatic carbocycles. The number of anilines is 2. The molecule has 0 unspecified atom stereocenters. The number of nitrogens with one attached hydrogen (secondary N) is 2. The number of methoxy groups -OCH3 is 1. The van der Waals surface area contributed by atoms with Crippen LogP contribution in [0.1, 0.15) is 24.2 Å². The predicted octanol–water partition coefficient (Wildman–Crippen LogP) is 5.30. The zero-order valence-corrected chi connectivity index (χ0v) is 20.2. The Balaban J connectivity index is 1.74. The van der Waals surface area contributed by atoms with Crippen LogP contribution in [0, 0.1) is 0 Å². The lowest BCUT2D eigenvalue weighted by Crippen LogP contribution is -2.16. The van der Waals surface area contributed by atoms with E-state index in [0.29, 0.717) is 28.4 Å². The zero-order valence-electron chi connectivity index (χ0n) is 17.8. The summed E-state index contributed by atoms with van der Waals surface area (Å²) in [5.41, 5.74) is 1.23. The van der Waals surface area contributed by atoms with E-state index in [1.165, 1.54) is 31.4 Å². The minimum atomic E-state index is -3.79. The van der Waals surface area contributed by atoms with Gasteiger partial charge in [-0.05, 0) is 80.6 Å². The number of hydrogen-bond donors (Lipinski definition) is 2. The van der Waals surface area contributed by atoms with Crippen molar-refractivity contribution in [2.75, 3.05) is 17.1 Å². The van der Waals surface area contributed by atoms with Crippen molar-refractivity contribution in [1.29, 1.82) is 0 Å². The first-order chi connectivity index (χ1) is 15.2. The lowest BCUT2D eigenvalue weighted by atomic mass is 10.1. The van der Waals surface area contributed by atoms with Crippen LogP contribution < -0.4 is 19.5 Å². The molecule has 0 fully saturated rings. The van der Waals surface area contributed by atoms with Crippen molar-refractivity contribution in [1.82, 2.24) is 0 Å². The number of carbonyl (C=O) groups excluding carboxylic acids is 1. The number of sulfonamides is 1. The molecule has 0 aliphatic carbocycles. The van der Waals surface area contributed by atoms with Crippen LogP contribution in [0.3, 0.4) is 0 Å². The van der Waals surface area contributed by atoms with Crippen LogP contribution in [0.25, 0.3) is 0 Å². The fourth-order valence-electron chi connectivity index (χ4n) is 2.83. The average molecular weight is 519 g/mol. The minimum absolute atomic E-state index is 0.0672. The first kappa shape index (κ1) is 23.6. The Labute approximate surface area is 195 Å². The van der Waals surface area contributed by atoms with Gasteiger partial charge in [-0.15, -0.1) is 0 Å². The van der Waals surface area contributed by atoms with E-state index < -0.39 is 10.0 Å². The Kier molecular flexibility index (Phi) is 7.42. The fraction of sp³-hybridized carbons (Fsp3) is 0.174.